The van der Waals surface area contributed by atoms with Gasteiger partial charge in [0.05, 0.1) is 11.0 Å². The fourth-order valence-electron chi connectivity index (χ4n) is 3.27. The minimum absolute atomic E-state index is 0.0214. The molecule has 0 bridgehead atoms. The number of hydrogen-bond donors (Lipinski definition) is 0. The minimum Gasteiger partial charge on any atom is -0.258 e. The molecule has 1 aliphatic rings. The van der Waals surface area contributed by atoms with Crippen molar-refractivity contribution in [2.24, 2.45) is 11.1 Å². The van der Waals surface area contributed by atoms with E-state index in [0.717, 1.165) is 5.56 Å². The molecular formula is C25H37N3O5S. The molecule has 2 atom stereocenters. The van der Waals surface area contributed by atoms with Gasteiger partial charge in [-0.25, -0.2) is 8.42 Å². The fraction of sp³-hybridized carbons (Fsp3) is 0.520. The van der Waals surface area contributed by atoms with Crippen molar-refractivity contribution in [3.63, 3.8) is 0 Å². The van der Waals surface area contributed by atoms with E-state index >= 15 is 0 Å². The molecule has 0 spiro atoms. The van der Waals surface area contributed by atoms with Gasteiger partial charge in [0, 0.05) is 19.2 Å². The highest BCUT2D eigenvalue weighted by Crippen LogP contribution is 2.28. The summed E-state index contributed by atoms with van der Waals surface area (Å²) in [5, 5.41) is 14.4. The molecular weight excluding hydrogens is 454 g/mol. The van der Waals surface area contributed by atoms with E-state index in [0.29, 0.717) is 6.42 Å². The van der Waals surface area contributed by atoms with E-state index in [4.69, 9.17) is 0 Å². The van der Waals surface area contributed by atoms with Crippen molar-refractivity contribution in [3.8, 4) is 0 Å². The molecule has 8 nitrogen and oxygen atoms in total. The Balaban J connectivity index is 0.000000850. The van der Waals surface area contributed by atoms with Crippen molar-refractivity contribution in [3.05, 3.63) is 75.2 Å². The zero-order valence-electron chi connectivity index (χ0n) is 20.6. The van der Waals surface area contributed by atoms with Gasteiger partial charge in [-0.15, -0.1) is 0 Å². The van der Waals surface area contributed by atoms with Crippen LogP contribution >= 0.6 is 0 Å². The van der Waals surface area contributed by atoms with Crippen LogP contribution in [-0.2, 0) is 16.6 Å². The van der Waals surface area contributed by atoms with Crippen LogP contribution in [0.4, 0.5) is 5.69 Å². The first-order valence-electron chi connectivity index (χ1n) is 11.9. The number of sulfonamides is 1. The van der Waals surface area contributed by atoms with Crippen LogP contribution < -0.4 is 0 Å². The second kappa shape index (κ2) is 15.3. The Hall–Kier alpha value is -2.65. The Labute approximate surface area is 203 Å². The largest absolute Gasteiger partial charge is 0.289 e. The van der Waals surface area contributed by atoms with Gasteiger partial charge in [0.25, 0.3) is 5.69 Å². The van der Waals surface area contributed by atoms with Crippen molar-refractivity contribution in [1.29, 1.82) is 0 Å². The molecule has 2 aromatic carbocycles. The average Bonchev–Trinajstić information content (AvgIpc) is 2.80. The third-order valence-electron chi connectivity index (χ3n) is 5.58. The number of benzene rings is 2. The summed E-state index contributed by atoms with van der Waals surface area (Å²) in [5.74, 6) is -0.344. The highest BCUT2D eigenvalue weighted by molar-refractivity contribution is 7.89. The van der Waals surface area contributed by atoms with E-state index in [1.807, 2.05) is 19.9 Å². The molecule has 2 aromatic rings. The van der Waals surface area contributed by atoms with Crippen LogP contribution in [0.25, 0.3) is 0 Å². The van der Waals surface area contributed by atoms with Gasteiger partial charge in [0.15, 0.2) is 4.90 Å². The standard InChI is InChI=1S/C19H23N3O5S.C4H8.C2H6/c1-3-17(20-23)15(2)13-21(14-16-9-5-4-6-10-16)28(26,27)19-12-8-7-11-18(19)22(24)25;1-2-4-3-1;1-2/h4-12,15,17H,3,13-14H2,1-2H3;1-4H2;1-2H3. The van der Waals surface area contributed by atoms with Crippen LogP contribution in [0.2, 0.25) is 0 Å². The maximum atomic E-state index is 13.3. The number of nitro benzene ring substituents is 1. The SMILES string of the molecule is C1CCC1.CC.CCC(N=O)C(C)CN(Cc1ccccc1)S(=O)(=O)c1ccccc1[N+](=O)[O-]. The lowest BCUT2D eigenvalue weighted by Crippen LogP contribution is -2.37. The molecule has 0 N–H and O–H groups in total. The first kappa shape index (κ1) is 29.4. The predicted molar refractivity (Wildman–Crippen MR) is 136 cm³/mol. The summed E-state index contributed by atoms with van der Waals surface area (Å²) in [7, 11) is -4.17. The zero-order chi connectivity index (χ0) is 25.6. The van der Waals surface area contributed by atoms with Crippen LogP contribution in [0.5, 0.6) is 0 Å². The Morgan fingerprint density at radius 3 is 2.00 bits per heavy atom. The highest BCUT2D eigenvalue weighted by Gasteiger charge is 2.33. The molecule has 188 valence electrons. The topological polar surface area (TPSA) is 110 Å². The molecule has 0 aromatic heterocycles. The Kier molecular flexibility index (Phi) is 13.2. The Morgan fingerprint density at radius 1 is 1.00 bits per heavy atom. The van der Waals surface area contributed by atoms with Crippen molar-refractivity contribution in [2.45, 2.75) is 77.3 Å². The molecule has 9 heteroatoms. The lowest BCUT2D eigenvalue weighted by molar-refractivity contribution is -0.387. The number of nitrogens with zero attached hydrogens (tertiary/aromatic N) is 3. The van der Waals surface area contributed by atoms with Crippen molar-refractivity contribution in [1.82, 2.24) is 4.31 Å². The molecule has 3 rings (SSSR count). The smallest absolute Gasteiger partial charge is 0.258 e. The summed E-state index contributed by atoms with van der Waals surface area (Å²) >= 11 is 0. The number of rotatable bonds is 10. The number of para-hydroxylation sites is 1. The van der Waals surface area contributed by atoms with E-state index in [9.17, 15) is 23.4 Å². The molecule has 0 saturated heterocycles. The summed E-state index contributed by atoms with van der Waals surface area (Å²) in [6.07, 6.45) is 6.48. The van der Waals surface area contributed by atoms with Crippen LogP contribution in [-0.4, -0.2) is 30.2 Å². The normalized spacial score (nSPS) is 14.4. The van der Waals surface area contributed by atoms with Crippen LogP contribution in [0.15, 0.2) is 64.7 Å². The second-order valence-corrected chi connectivity index (χ2v) is 9.89. The molecule has 0 radical (unpaired) electrons. The first-order chi connectivity index (χ1) is 16.3. The molecule has 0 amide bonds. The molecule has 1 fully saturated rings. The van der Waals surface area contributed by atoms with Crippen molar-refractivity contribution in [2.75, 3.05) is 6.54 Å². The van der Waals surface area contributed by atoms with Crippen molar-refractivity contribution < 1.29 is 13.3 Å². The van der Waals surface area contributed by atoms with Gasteiger partial charge in [-0.3, -0.25) is 10.1 Å². The van der Waals surface area contributed by atoms with Gasteiger partial charge in [0.1, 0.15) is 0 Å². The molecule has 1 aliphatic carbocycles. The summed E-state index contributed by atoms with van der Waals surface area (Å²) in [6, 6.07) is 13.7. The summed E-state index contributed by atoms with van der Waals surface area (Å²) in [4.78, 5) is 21.3. The average molecular weight is 492 g/mol. The van der Waals surface area contributed by atoms with Gasteiger partial charge >= 0.3 is 0 Å². The number of nitroso groups, excluding NO2 is 1. The van der Waals surface area contributed by atoms with Crippen LogP contribution in [0.3, 0.4) is 0 Å². The minimum atomic E-state index is -4.17. The maximum Gasteiger partial charge on any atom is 0.289 e. The van der Waals surface area contributed by atoms with Crippen molar-refractivity contribution >= 4 is 15.7 Å². The Bertz CT molecular complexity index is 975. The third-order valence-corrected chi connectivity index (χ3v) is 7.44. The highest BCUT2D eigenvalue weighted by atomic mass is 32.2. The Morgan fingerprint density at radius 2 is 1.53 bits per heavy atom. The van der Waals surface area contributed by atoms with Crippen LogP contribution in [0, 0.1) is 20.9 Å². The monoisotopic (exact) mass is 491 g/mol. The van der Waals surface area contributed by atoms with E-state index in [2.05, 4.69) is 5.18 Å². The second-order valence-electron chi connectivity index (χ2n) is 7.98. The predicted octanol–water partition coefficient (Wildman–Crippen LogP) is 6.55. The van der Waals surface area contributed by atoms with Gasteiger partial charge in [-0.05, 0) is 24.0 Å². The molecule has 0 aliphatic heterocycles. The number of hydrogen-bond acceptors (Lipinski definition) is 6. The van der Waals surface area contributed by atoms with Gasteiger partial charge in [-0.2, -0.15) is 9.21 Å². The van der Waals surface area contributed by atoms with E-state index in [1.165, 1.54) is 54.3 Å². The molecule has 34 heavy (non-hydrogen) atoms. The molecule has 1 saturated carbocycles. The van der Waals surface area contributed by atoms with E-state index < -0.39 is 26.7 Å². The lowest BCUT2D eigenvalue weighted by atomic mass is 10.0. The lowest BCUT2D eigenvalue weighted by Gasteiger charge is -2.27. The molecule has 2 unspecified atom stereocenters. The van der Waals surface area contributed by atoms with E-state index in [-0.39, 0.29) is 23.9 Å². The van der Waals surface area contributed by atoms with Crippen LogP contribution in [0.1, 0.15) is 65.4 Å². The van der Waals surface area contributed by atoms with Gasteiger partial charge in [-0.1, -0.05) is 101 Å². The zero-order valence-corrected chi connectivity index (χ0v) is 21.4. The quantitative estimate of drug-likeness (QED) is 0.212. The first-order valence-corrected chi connectivity index (χ1v) is 13.3. The molecule has 0 heterocycles. The van der Waals surface area contributed by atoms with E-state index in [1.54, 1.807) is 38.1 Å². The summed E-state index contributed by atoms with van der Waals surface area (Å²) < 4.78 is 27.8. The maximum absolute atomic E-state index is 13.3. The fourth-order valence-corrected chi connectivity index (χ4v) is 4.96. The third kappa shape index (κ3) is 8.61. The van der Waals surface area contributed by atoms with Gasteiger partial charge < -0.3 is 0 Å². The summed E-state index contributed by atoms with van der Waals surface area (Å²) in [5.41, 5.74) is 0.262. The van der Waals surface area contributed by atoms with Gasteiger partial charge in [0.2, 0.25) is 10.0 Å². The summed E-state index contributed by atoms with van der Waals surface area (Å²) in [6.45, 7) is 7.62. The number of nitro groups is 1.